The summed E-state index contributed by atoms with van der Waals surface area (Å²) in [5.41, 5.74) is 2.15. The van der Waals surface area contributed by atoms with Crippen LogP contribution >= 0.6 is 0 Å². The van der Waals surface area contributed by atoms with Gasteiger partial charge in [0, 0.05) is 12.6 Å². The Hall–Kier alpha value is -0.910. The van der Waals surface area contributed by atoms with Gasteiger partial charge in [0.05, 0.1) is 4.90 Å². The molecule has 1 aliphatic rings. The van der Waals surface area contributed by atoms with Gasteiger partial charge in [-0.05, 0) is 56.0 Å². The average Bonchev–Trinajstić information content (AvgIpc) is 3.20. The molecule has 2 rings (SSSR count). The van der Waals surface area contributed by atoms with E-state index in [1.807, 2.05) is 26.8 Å². The van der Waals surface area contributed by atoms with Crippen LogP contribution in [-0.4, -0.2) is 21.0 Å². The van der Waals surface area contributed by atoms with Crippen molar-refractivity contribution >= 4 is 10.0 Å². The summed E-state index contributed by atoms with van der Waals surface area (Å²) in [5.74, 6) is 0.713. The summed E-state index contributed by atoms with van der Waals surface area (Å²) in [4.78, 5) is 0.364. The summed E-state index contributed by atoms with van der Waals surface area (Å²) in [5, 5.41) is 3.24. The van der Waals surface area contributed by atoms with Gasteiger partial charge in [0.2, 0.25) is 10.0 Å². The maximum atomic E-state index is 12.5. The van der Waals surface area contributed by atoms with Gasteiger partial charge in [-0.15, -0.1) is 0 Å². The fraction of sp³-hybridized carbons (Fsp3) is 0.625. The number of benzene rings is 1. The SMILES string of the molecule is CCNCc1cc(S(=O)(=O)NC(C)CC2CC2)ccc1C. The van der Waals surface area contributed by atoms with E-state index in [-0.39, 0.29) is 6.04 Å². The quantitative estimate of drug-likeness (QED) is 0.776. The second-order valence-electron chi connectivity index (χ2n) is 6.07. The van der Waals surface area contributed by atoms with Gasteiger partial charge < -0.3 is 5.32 Å². The zero-order valence-corrected chi connectivity index (χ0v) is 14.0. The molecule has 0 aromatic heterocycles. The maximum absolute atomic E-state index is 12.5. The zero-order valence-electron chi connectivity index (χ0n) is 13.1. The highest BCUT2D eigenvalue weighted by Crippen LogP contribution is 2.33. The minimum Gasteiger partial charge on any atom is -0.313 e. The van der Waals surface area contributed by atoms with Gasteiger partial charge in [0.1, 0.15) is 0 Å². The Morgan fingerprint density at radius 1 is 1.33 bits per heavy atom. The lowest BCUT2D eigenvalue weighted by atomic mass is 10.1. The van der Waals surface area contributed by atoms with E-state index in [1.165, 1.54) is 12.8 Å². The van der Waals surface area contributed by atoms with Crippen molar-refractivity contribution in [2.45, 2.75) is 57.5 Å². The number of hydrogen-bond donors (Lipinski definition) is 2. The highest BCUT2D eigenvalue weighted by Gasteiger charge is 2.26. The van der Waals surface area contributed by atoms with Crippen molar-refractivity contribution in [2.24, 2.45) is 5.92 Å². The van der Waals surface area contributed by atoms with Crippen molar-refractivity contribution in [1.29, 1.82) is 0 Å². The molecule has 0 aliphatic heterocycles. The fourth-order valence-corrected chi connectivity index (χ4v) is 3.81. The van der Waals surface area contributed by atoms with E-state index >= 15 is 0 Å². The van der Waals surface area contributed by atoms with Gasteiger partial charge in [-0.2, -0.15) is 0 Å². The van der Waals surface area contributed by atoms with Gasteiger partial charge in [-0.25, -0.2) is 13.1 Å². The largest absolute Gasteiger partial charge is 0.313 e. The minimum absolute atomic E-state index is 0.000944. The van der Waals surface area contributed by atoms with Crippen molar-refractivity contribution in [2.75, 3.05) is 6.54 Å². The first kappa shape index (κ1) is 16.5. The van der Waals surface area contributed by atoms with Crippen LogP contribution in [-0.2, 0) is 16.6 Å². The highest BCUT2D eigenvalue weighted by atomic mass is 32.2. The summed E-state index contributed by atoms with van der Waals surface area (Å²) in [6.45, 7) is 7.56. The molecular weight excluding hydrogens is 284 g/mol. The van der Waals surface area contributed by atoms with Crippen molar-refractivity contribution in [3.63, 3.8) is 0 Å². The monoisotopic (exact) mass is 310 g/mol. The van der Waals surface area contributed by atoms with E-state index in [4.69, 9.17) is 0 Å². The molecule has 1 aromatic carbocycles. The standard InChI is InChI=1S/C16H26N2O2S/c1-4-17-11-15-10-16(8-5-12(15)2)21(19,20)18-13(3)9-14-6-7-14/h5,8,10,13-14,17-18H,4,6-7,9,11H2,1-3H3. The molecule has 1 saturated carbocycles. The van der Waals surface area contributed by atoms with E-state index in [1.54, 1.807) is 12.1 Å². The van der Waals surface area contributed by atoms with Crippen LogP contribution in [0.2, 0.25) is 0 Å². The Balaban J connectivity index is 2.10. The van der Waals surface area contributed by atoms with Crippen molar-refractivity contribution in [3.8, 4) is 0 Å². The van der Waals surface area contributed by atoms with Gasteiger partial charge >= 0.3 is 0 Å². The molecule has 2 N–H and O–H groups in total. The van der Waals surface area contributed by atoms with Gasteiger partial charge in [-0.3, -0.25) is 0 Å². The van der Waals surface area contributed by atoms with Crippen molar-refractivity contribution in [1.82, 2.24) is 10.0 Å². The Morgan fingerprint density at radius 2 is 2.05 bits per heavy atom. The smallest absolute Gasteiger partial charge is 0.240 e. The molecule has 1 aliphatic carbocycles. The molecular formula is C16H26N2O2S. The highest BCUT2D eigenvalue weighted by molar-refractivity contribution is 7.89. The van der Waals surface area contributed by atoms with Crippen LogP contribution in [0, 0.1) is 12.8 Å². The molecule has 0 amide bonds. The fourth-order valence-electron chi connectivity index (χ4n) is 2.50. The molecule has 0 spiro atoms. The van der Waals surface area contributed by atoms with Crippen LogP contribution < -0.4 is 10.0 Å². The molecule has 4 nitrogen and oxygen atoms in total. The van der Waals surface area contributed by atoms with E-state index in [0.717, 1.165) is 24.1 Å². The van der Waals surface area contributed by atoms with E-state index in [0.29, 0.717) is 17.4 Å². The first-order valence-corrected chi connectivity index (χ1v) is 9.23. The second kappa shape index (κ2) is 6.90. The third kappa shape index (κ3) is 4.80. The molecule has 5 heteroatoms. The summed E-state index contributed by atoms with van der Waals surface area (Å²) in [6, 6.07) is 5.36. The Labute approximate surface area is 128 Å². The first-order chi connectivity index (χ1) is 9.92. The number of hydrogen-bond acceptors (Lipinski definition) is 3. The van der Waals surface area contributed by atoms with E-state index in [9.17, 15) is 8.42 Å². The molecule has 118 valence electrons. The first-order valence-electron chi connectivity index (χ1n) is 7.75. The lowest BCUT2D eigenvalue weighted by Crippen LogP contribution is -2.33. The average molecular weight is 310 g/mol. The van der Waals surface area contributed by atoms with Gasteiger partial charge in [0.25, 0.3) is 0 Å². The van der Waals surface area contributed by atoms with Crippen LogP contribution in [0.15, 0.2) is 23.1 Å². The second-order valence-corrected chi connectivity index (χ2v) is 7.78. The third-order valence-electron chi connectivity index (χ3n) is 3.94. The zero-order chi connectivity index (χ0) is 15.5. The van der Waals surface area contributed by atoms with Gasteiger partial charge in [-0.1, -0.05) is 25.8 Å². The molecule has 0 heterocycles. The summed E-state index contributed by atoms with van der Waals surface area (Å²) in [7, 11) is -3.42. The molecule has 0 bridgehead atoms. The Morgan fingerprint density at radius 3 is 2.67 bits per heavy atom. The molecule has 1 aromatic rings. The summed E-state index contributed by atoms with van der Waals surface area (Å²) < 4.78 is 27.7. The summed E-state index contributed by atoms with van der Waals surface area (Å²) >= 11 is 0. The predicted molar refractivity (Wildman–Crippen MR) is 85.7 cm³/mol. The van der Waals surface area contributed by atoms with Crippen LogP contribution in [0.3, 0.4) is 0 Å². The molecule has 0 radical (unpaired) electrons. The number of nitrogens with one attached hydrogen (secondary N) is 2. The number of rotatable bonds is 8. The molecule has 21 heavy (non-hydrogen) atoms. The molecule has 1 fully saturated rings. The van der Waals surface area contributed by atoms with Gasteiger partial charge in [0.15, 0.2) is 0 Å². The normalized spacial score (nSPS) is 16.9. The molecule has 1 unspecified atom stereocenters. The van der Waals surface area contributed by atoms with Crippen molar-refractivity contribution in [3.05, 3.63) is 29.3 Å². The predicted octanol–water partition coefficient (Wildman–Crippen LogP) is 2.57. The Kier molecular flexibility index (Phi) is 5.41. The van der Waals surface area contributed by atoms with Crippen LogP contribution in [0.5, 0.6) is 0 Å². The van der Waals surface area contributed by atoms with E-state index < -0.39 is 10.0 Å². The molecule has 0 saturated heterocycles. The lowest BCUT2D eigenvalue weighted by Gasteiger charge is -2.15. The molecule has 1 atom stereocenters. The Bertz CT molecular complexity index is 580. The third-order valence-corrected chi connectivity index (χ3v) is 5.52. The lowest BCUT2D eigenvalue weighted by molar-refractivity contribution is 0.530. The number of aryl methyl sites for hydroxylation is 1. The topological polar surface area (TPSA) is 58.2 Å². The minimum atomic E-state index is -3.42. The van der Waals surface area contributed by atoms with Crippen LogP contribution in [0.25, 0.3) is 0 Å². The van der Waals surface area contributed by atoms with E-state index in [2.05, 4.69) is 10.0 Å². The number of sulfonamides is 1. The van der Waals surface area contributed by atoms with Crippen LogP contribution in [0.4, 0.5) is 0 Å². The van der Waals surface area contributed by atoms with Crippen LogP contribution in [0.1, 0.15) is 44.2 Å². The summed E-state index contributed by atoms with van der Waals surface area (Å²) in [6.07, 6.45) is 3.42. The maximum Gasteiger partial charge on any atom is 0.240 e. The van der Waals surface area contributed by atoms with Crippen molar-refractivity contribution < 1.29 is 8.42 Å².